The van der Waals surface area contributed by atoms with Crippen LogP contribution in [0, 0.1) is 6.92 Å². The summed E-state index contributed by atoms with van der Waals surface area (Å²) in [4.78, 5) is 0.279. The lowest BCUT2D eigenvalue weighted by Gasteiger charge is -2.16. The van der Waals surface area contributed by atoms with Gasteiger partial charge in [-0.1, -0.05) is 29.8 Å². The fourth-order valence-corrected chi connectivity index (χ4v) is 3.78. The first-order chi connectivity index (χ1) is 11.5. The maximum absolute atomic E-state index is 12.5. The van der Waals surface area contributed by atoms with Gasteiger partial charge in [0.15, 0.2) is 0 Å². The van der Waals surface area contributed by atoms with E-state index in [-0.39, 0.29) is 10.9 Å². The zero-order chi connectivity index (χ0) is 17.2. The average molecular weight is 340 g/mol. The van der Waals surface area contributed by atoms with E-state index in [2.05, 4.69) is 4.72 Å². The van der Waals surface area contributed by atoms with Crippen molar-refractivity contribution in [3.63, 3.8) is 0 Å². The summed E-state index contributed by atoms with van der Waals surface area (Å²) in [7, 11) is -3.55. The summed E-state index contributed by atoms with van der Waals surface area (Å²) in [6.45, 7) is 3.78. The highest BCUT2D eigenvalue weighted by Crippen LogP contribution is 2.20. The molecule has 3 aromatic rings. The number of rotatable bonds is 5. The summed E-state index contributed by atoms with van der Waals surface area (Å²) >= 11 is 0. The van der Waals surface area contributed by atoms with Gasteiger partial charge >= 0.3 is 0 Å². The number of aryl methyl sites for hydroxylation is 1. The number of sulfonamides is 1. The zero-order valence-corrected chi connectivity index (χ0v) is 14.5. The lowest BCUT2D eigenvalue weighted by atomic mass is 10.1. The first kappa shape index (κ1) is 16.5. The van der Waals surface area contributed by atoms with Crippen LogP contribution in [0.15, 0.2) is 78.0 Å². The second-order valence-corrected chi connectivity index (χ2v) is 7.56. The Bertz CT molecular complexity index is 914. The van der Waals surface area contributed by atoms with Crippen LogP contribution in [0.4, 0.5) is 0 Å². The van der Waals surface area contributed by atoms with E-state index in [4.69, 9.17) is 0 Å². The second-order valence-electron chi connectivity index (χ2n) is 5.84. The summed E-state index contributed by atoms with van der Waals surface area (Å²) in [6, 6.07) is 18.3. The van der Waals surface area contributed by atoms with Gasteiger partial charge < -0.3 is 4.57 Å². The Labute approximate surface area is 142 Å². The molecule has 0 amide bonds. The van der Waals surface area contributed by atoms with Crippen molar-refractivity contribution < 1.29 is 8.42 Å². The highest BCUT2D eigenvalue weighted by atomic mass is 32.2. The lowest BCUT2D eigenvalue weighted by molar-refractivity contribution is 0.567. The number of hydrogen-bond acceptors (Lipinski definition) is 2. The summed E-state index contributed by atoms with van der Waals surface area (Å²) < 4.78 is 29.8. The van der Waals surface area contributed by atoms with Gasteiger partial charge in [0.1, 0.15) is 0 Å². The molecule has 2 aromatic carbocycles. The smallest absolute Gasteiger partial charge is 0.241 e. The highest BCUT2D eigenvalue weighted by Gasteiger charge is 2.18. The number of nitrogens with zero attached hydrogens (tertiary/aromatic N) is 1. The molecule has 0 bridgehead atoms. The molecule has 0 spiro atoms. The van der Waals surface area contributed by atoms with Crippen molar-refractivity contribution in [1.29, 1.82) is 0 Å². The number of nitrogens with one attached hydrogen (secondary N) is 1. The van der Waals surface area contributed by atoms with Crippen molar-refractivity contribution in [1.82, 2.24) is 9.29 Å². The Morgan fingerprint density at radius 1 is 0.958 bits per heavy atom. The number of benzene rings is 2. The SMILES string of the molecule is Cc1ccc(S(=O)(=O)N[C@H](C)c2cccc(-n3cccc3)c2)cc1. The van der Waals surface area contributed by atoms with Crippen LogP contribution in [0.25, 0.3) is 5.69 Å². The van der Waals surface area contributed by atoms with Crippen LogP contribution in [0.2, 0.25) is 0 Å². The molecular weight excluding hydrogens is 320 g/mol. The van der Waals surface area contributed by atoms with Crippen molar-refractivity contribution in [2.24, 2.45) is 0 Å². The lowest BCUT2D eigenvalue weighted by Crippen LogP contribution is -2.27. The predicted molar refractivity (Wildman–Crippen MR) is 95.7 cm³/mol. The molecule has 1 atom stereocenters. The molecule has 0 aliphatic carbocycles. The summed E-state index contributed by atoms with van der Waals surface area (Å²) in [6.07, 6.45) is 3.92. The molecule has 0 fully saturated rings. The molecule has 24 heavy (non-hydrogen) atoms. The Balaban J connectivity index is 1.83. The molecule has 124 valence electrons. The molecule has 4 nitrogen and oxygen atoms in total. The number of aromatic nitrogens is 1. The molecule has 0 saturated carbocycles. The van der Waals surface area contributed by atoms with E-state index in [0.717, 1.165) is 16.8 Å². The van der Waals surface area contributed by atoms with Gasteiger partial charge in [0.05, 0.1) is 4.90 Å². The Morgan fingerprint density at radius 3 is 2.29 bits per heavy atom. The quantitative estimate of drug-likeness (QED) is 0.767. The monoisotopic (exact) mass is 340 g/mol. The first-order valence-electron chi connectivity index (χ1n) is 7.78. The minimum Gasteiger partial charge on any atom is -0.324 e. The van der Waals surface area contributed by atoms with Gasteiger partial charge in [-0.05, 0) is 55.8 Å². The molecule has 0 unspecified atom stereocenters. The van der Waals surface area contributed by atoms with Crippen molar-refractivity contribution in [3.05, 3.63) is 84.2 Å². The zero-order valence-electron chi connectivity index (χ0n) is 13.7. The first-order valence-corrected chi connectivity index (χ1v) is 9.26. The van der Waals surface area contributed by atoms with Gasteiger partial charge in [-0.2, -0.15) is 0 Å². The van der Waals surface area contributed by atoms with Crippen molar-refractivity contribution in [2.75, 3.05) is 0 Å². The van der Waals surface area contributed by atoms with E-state index in [1.807, 2.05) is 67.2 Å². The highest BCUT2D eigenvalue weighted by molar-refractivity contribution is 7.89. The van der Waals surface area contributed by atoms with Gasteiger partial charge in [0.25, 0.3) is 0 Å². The molecule has 0 saturated heterocycles. The van der Waals surface area contributed by atoms with Crippen LogP contribution in [0.5, 0.6) is 0 Å². The molecular formula is C19H20N2O2S. The molecule has 0 radical (unpaired) electrons. The van der Waals surface area contributed by atoms with Gasteiger partial charge in [-0.25, -0.2) is 13.1 Å². The van der Waals surface area contributed by atoms with Crippen molar-refractivity contribution in [3.8, 4) is 5.69 Å². The molecule has 1 N–H and O–H groups in total. The number of hydrogen-bond donors (Lipinski definition) is 1. The van der Waals surface area contributed by atoms with E-state index < -0.39 is 10.0 Å². The Kier molecular flexibility index (Phi) is 4.55. The van der Waals surface area contributed by atoms with Crippen LogP contribution in [0.1, 0.15) is 24.1 Å². The van der Waals surface area contributed by atoms with Crippen LogP contribution in [0.3, 0.4) is 0 Å². The topological polar surface area (TPSA) is 51.1 Å². The molecule has 0 aliphatic rings. The van der Waals surface area contributed by atoms with E-state index in [1.165, 1.54) is 0 Å². The van der Waals surface area contributed by atoms with Gasteiger partial charge in [-0.3, -0.25) is 0 Å². The van der Waals surface area contributed by atoms with Crippen LogP contribution >= 0.6 is 0 Å². The van der Waals surface area contributed by atoms with Crippen LogP contribution in [-0.2, 0) is 10.0 Å². The molecule has 1 heterocycles. The third-order valence-corrected chi connectivity index (χ3v) is 5.49. The normalized spacial score (nSPS) is 12.9. The van der Waals surface area contributed by atoms with Crippen molar-refractivity contribution in [2.45, 2.75) is 24.8 Å². The van der Waals surface area contributed by atoms with E-state index in [9.17, 15) is 8.42 Å². The third-order valence-electron chi connectivity index (χ3n) is 3.94. The second kappa shape index (κ2) is 6.63. The minimum absolute atomic E-state index is 0.279. The fourth-order valence-electron chi connectivity index (χ4n) is 2.55. The van der Waals surface area contributed by atoms with E-state index in [1.54, 1.807) is 24.3 Å². The average Bonchev–Trinajstić information content (AvgIpc) is 3.09. The molecule has 5 heteroatoms. The third kappa shape index (κ3) is 3.58. The Hall–Kier alpha value is -2.37. The van der Waals surface area contributed by atoms with Gasteiger partial charge in [0, 0.05) is 24.1 Å². The molecule has 1 aromatic heterocycles. The molecule has 0 aliphatic heterocycles. The van der Waals surface area contributed by atoms with Crippen molar-refractivity contribution >= 4 is 10.0 Å². The maximum atomic E-state index is 12.5. The standard InChI is InChI=1S/C19H20N2O2S/c1-15-8-10-19(11-9-15)24(22,23)20-16(2)17-6-5-7-18(14-17)21-12-3-4-13-21/h3-14,16,20H,1-2H3/t16-/m1/s1. The predicted octanol–water partition coefficient (Wildman–Crippen LogP) is 3.83. The summed E-state index contributed by atoms with van der Waals surface area (Å²) in [5.41, 5.74) is 2.94. The van der Waals surface area contributed by atoms with E-state index >= 15 is 0 Å². The van der Waals surface area contributed by atoms with Crippen LogP contribution < -0.4 is 4.72 Å². The summed E-state index contributed by atoms with van der Waals surface area (Å²) in [5, 5.41) is 0. The largest absolute Gasteiger partial charge is 0.324 e. The van der Waals surface area contributed by atoms with E-state index in [0.29, 0.717) is 0 Å². The molecule has 3 rings (SSSR count). The van der Waals surface area contributed by atoms with Crippen LogP contribution in [-0.4, -0.2) is 13.0 Å². The minimum atomic E-state index is -3.55. The van der Waals surface area contributed by atoms with Gasteiger partial charge in [-0.15, -0.1) is 0 Å². The van der Waals surface area contributed by atoms with Gasteiger partial charge in [0.2, 0.25) is 10.0 Å². The Morgan fingerprint density at radius 2 is 1.62 bits per heavy atom. The maximum Gasteiger partial charge on any atom is 0.241 e. The fraction of sp³-hybridized carbons (Fsp3) is 0.158. The summed E-state index contributed by atoms with van der Waals surface area (Å²) in [5.74, 6) is 0.